The Morgan fingerprint density at radius 3 is 2.32 bits per heavy atom. The molecule has 1 amide bonds. The van der Waals surface area contributed by atoms with E-state index in [0.29, 0.717) is 37.5 Å². The van der Waals surface area contributed by atoms with E-state index < -0.39 is 11.6 Å². The van der Waals surface area contributed by atoms with Crippen molar-refractivity contribution in [2.45, 2.75) is 32.8 Å². The van der Waals surface area contributed by atoms with Crippen molar-refractivity contribution in [2.75, 3.05) is 38.2 Å². The van der Waals surface area contributed by atoms with Gasteiger partial charge >= 0.3 is 12.1 Å². The Kier molecular flexibility index (Phi) is 5.77. The van der Waals surface area contributed by atoms with Crippen LogP contribution in [0.3, 0.4) is 0 Å². The molecular weight excluding hydrogens is 324 g/mol. The van der Waals surface area contributed by atoms with Gasteiger partial charge in [0.1, 0.15) is 11.4 Å². The van der Waals surface area contributed by atoms with Crippen LogP contribution in [-0.2, 0) is 16.0 Å². The number of piperazine rings is 1. The molecule has 138 valence electrons. The van der Waals surface area contributed by atoms with Crippen LogP contribution in [0.25, 0.3) is 0 Å². The molecule has 1 aliphatic rings. The zero-order valence-corrected chi connectivity index (χ0v) is 15.2. The van der Waals surface area contributed by atoms with Crippen molar-refractivity contribution in [3.63, 3.8) is 0 Å². The molecule has 0 aromatic heterocycles. The van der Waals surface area contributed by atoms with Crippen molar-refractivity contribution in [2.24, 2.45) is 0 Å². The first-order valence-corrected chi connectivity index (χ1v) is 8.31. The summed E-state index contributed by atoms with van der Waals surface area (Å²) in [7, 11) is 1.53. The van der Waals surface area contributed by atoms with Gasteiger partial charge in [-0.15, -0.1) is 0 Å². The standard InChI is InChI=1S/C18H26N2O5/c1-18(2,3)25-17(23)20-9-7-19(8-10-20)14-5-6-15(24-4)13(11-14)12-16(21)22/h5-6,11H,7-10,12H2,1-4H3,(H,21,22). The fraction of sp³-hybridized carbons (Fsp3) is 0.556. The first-order valence-electron chi connectivity index (χ1n) is 8.31. The van der Waals surface area contributed by atoms with E-state index in [1.54, 1.807) is 11.0 Å². The minimum absolute atomic E-state index is 0.0884. The van der Waals surface area contributed by atoms with Crippen LogP contribution in [0.2, 0.25) is 0 Å². The van der Waals surface area contributed by atoms with Crippen LogP contribution in [-0.4, -0.2) is 61.0 Å². The Hall–Kier alpha value is -2.44. The van der Waals surface area contributed by atoms with Gasteiger partial charge in [-0.3, -0.25) is 4.79 Å². The van der Waals surface area contributed by atoms with Gasteiger partial charge < -0.3 is 24.4 Å². The highest BCUT2D eigenvalue weighted by Gasteiger charge is 2.26. The first-order chi connectivity index (χ1) is 11.7. The molecular formula is C18H26N2O5. The number of carbonyl (C=O) groups excluding carboxylic acids is 1. The molecule has 0 spiro atoms. The van der Waals surface area contributed by atoms with Crippen LogP contribution >= 0.6 is 0 Å². The van der Waals surface area contributed by atoms with Crippen LogP contribution in [0, 0.1) is 0 Å². The monoisotopic (exact) mass is 350 g/mol. The average molecular weight is 350 g/mol. The Balaban J connectivity index is 2.03. The first kappa shape index (κ1) is 18.9. The smallest absolute Gasteiger partial charge is 0.410 e. The van der Waals surface area contributed by atoms with Crippen molar-refractivity contribution in [3.8, 4) is 5.75 Å². The molecule has 1 aromatic rings. The number of amides is 1. The van der Waals surface area contributed by atoms with Gasteiger partial charge in [0, 0.05) is 37.4 Å². The maximum Gasteiger partial charge on any atom is 0.410 e. The van der Waals surface area contributed by atoms with E-state index >= 15 is 0 Å². The number of anilines is 1. The lowest BCUT2D eigenvalue weighted by Gasteiger charge is -2.37. The van der Waals surface area contributed by atoms with E-state index in [2.05, 4.69) is 4.90 Å². The molecule has 0 bridgehead atoms. The summed E-state index contributed by atoms with van der Waals surface area (Å²) in [5.74, 6) is -0.330. The third-order valence-electron chi connectivity index (χ3n) is 3.90. The summed E-state index contributed by atoms with van der Waals surface area (Å²) in [5.41, 5.74) is 1.07. The number of nitrogens with zero attached hydrogens (tertiary/aromatic N) is 2. The highest BCUT2D eigenvalue weighted by molar-refractivity contribution is 5.72. The summed E-state index contributed by atoms with van der Waals surface area (Å²) in [5, 5.41) is 9.05. The largest absolute Gasteiger partial charge is 0.496 e. The topological polar surface area (TPSA) is 79.3 Å². The minimum Gasteiger partial charge on any atom is -0.496 e. The van der Waals surface area contributed by atoms with Crippen molar-refractivity contribution in [1.82, 2.24) is 4.90 Å². The summed E-state index contributed by atoms with van der Waals surface area (Å²) in [4.78, 5) is 27.0. The number of carbonyl (C=O) groups is 2. The van der Waals surface area contributed by atoms with Gasteiger partial charge in [0.15, 0.2) is 0 Å². The predicted molar refractivity (Wildman–Crippen MR) is 94.4 cm³/mol. The van der Waals surface area contributed by atoms with Crippen molar-refractivity contribution in [3.05, 3.63) is 23.8 Å². The fourth-order valence-electron chi connectivity index (χ4n) is 2.74. The zero-order valence-electron chi connectivity index (χ0n) is 15.2. The van der Waals surface area contributed by atoms with Gasteiger partial charge in [0.05, 0.1) is 13.5 Å². The van der Waals surface area contributed by atoms with E-state index in [-0.39, 0.29) is 12.5 Å². The van der Waals surface area contributed by atoms with E-state index in [1.807, 2.05) is 32.9 Å². The SMILES string of the molecule is COc1ccc(N2CCN(C(=O)OC(C)(C)C)CC2)cc1CC(=O)O. The second-order valence-electron chi connectivity index (χ2n) is 7.02. The van der Waals surface area contributed by atoms with Gasteiger partial charge in [-0.25, -0.2) is 4.79 Å². The predicted octanol–water partition coefficient (Wildman–Crippen LogP) is 2.38. The van der Waals surface area contributed by atoms with Gasteiger partial charge in [-0.1, -0.05) is 0 Å². The molecule has 7 nitrogen and oxygen atoms in total. The maximum absolute atomic E-state index is 12.1. The number of methoxy groups -OCH3 is 1. The van der Waals surface area contributed by atoms with E-state index in [1.165, 1.54) is 7.11 Å². The number of carboxylic acids is 1. The number of hydrogen-bond donors (Lipinski definition) is 1. The summed E-state index contributed by atoms with van der Waals surface area (Å²) >= 11 is 0. The average Bonchev–Trinajstić information content (AvgIpc) is 2.53. The molecule has 25 heavy (non-hydrogen) atoms. The molecule has 1 aliphatic heterocycles. The molecule has 0 unspecified atom stereocenters. The third-order valence-corrected chi connectivity index (χ3v) is 3.90. The lowest BCUT2D eigenvalue weighted by Crippen LogP contribution is -2.50. The van der Waals surface area contributed by atoms with Gasteiger partial charge in [-0.05, 0) is 39.0 Å². The zero-order chi connectivity index (χ0) is 18.6. The van der Waals surface area contributed by atoms with E-state index in [0.717, 1.165) is 5.69 Å². The molecule has 1 fully saturated rings. The summed E-state index contributed by atoms with van der Waals surface area (Å²) in [6.45, 7) is 8.01. The Bertz CT molecular complexity index is 631. The molecule has 0 radical (unpaired) electrons. The summed E-state index contributed by atoms with van der Waals surface area (Å²) < 4.78 is 10.6. The second-order valence-corrected chi connectivity index (χ2v) is 7.02. The Morgan fingerprint density at radius 1 is 1.16 bits per heavy atom. The molecule has 0 atom stereocenters. The van der Waals surface area contributed by atoms with Gasteiger partial charge in [-0.2, -0.15) is 0 Å². The number of aliphatic carboxylic acids is 1. The van der Waals surface area contributed by atoms with Crippen LogP contribution in [0.1, 0.15) is 26.3 Å². The molecule has 1 saturated heterocycles. The van der Waals surface area contributed by atoms with Crippen LogP contribution < -0.4 is 9.64 Å². The number of hydrogen-bond acceptors (Lipinski definition) is 5. The lowest BCUT2D eigenvalue weighted by atomic mass is 10.1. The lowest BCUT2D eigenvalue weighted by molar-refractivity contribution is -0.136. The van der Waals surface area contributed by atoms with E-state index in [9.17, 15) is 9.59 Å². The highest BCUT2D eigenvalue weighted by atomic mass is 16.6. The molecule has 1 heterocycles. The number of rotatable bonds is 4. The van der Waals surface area contributed by atoms with Crippen LogP contribution in [0.5, 0.6) is 5.75 Å². The maximum atomic E-state index is 12.1. The highest BCUT2D eigenvalue weighted by Crippen LogP contribution is 2.26. The molecule has 2 rings (SSSR count). The number of carboxylic acid groups (broad SMARTS) is 1. The van der Waals surface area contributed by atoms with Crippen molar-refractivity contribution < 1.29 is 24.2 Å². The fourth-order valence-corrected chi connectivity index (χ4v) is 2.74. The van der Waals surface area contributed by atoms with Crippen LogP contribution in [0.4, 0.5) is 10.5 Å². The molecule has 0 saturated carbocycles. The summed E-state index contributed by atoms with van der Waals surface area (Å²) in [6, 6.07) is 5.54. The Labute approximate surface area is 148 Å². The molecule has 0 aliphatic carbocycles. The Morgan fingerprint density at radius 2 is 1.80 bits per heavy atom. The molecule has 7 heteroatoms. The van der Waals surface area contributed by atoms with Crippen LogP contribution in [0.15, 0.2) is 18.2 Å². The van der Waals surface area contributed by atoms with Gasteiger partial charge in [0.25, 0.3) is 0 Å². The quantitative estimate of drug-likeness (QED) is 0.898. The minimum atomic E-state index is -0.898. The second kappa shape index (κ2) is 7.63. The number of ether oxygens (including phenoxy) is 2. The van der Waals surface area contributed by atoms with Gasteiger partial charge in [0.2, 0.25) is 0 Å². The summed E-state index contributed by atoms with van der Waals surface area (Å²) in [6.07, 6.45) is -0.386. The number of benzene rings is 1. The third kappa shape index (κ3) is 5.27. The van der Waals surface area contributed by atoms with Crippen molar-refractivity contribution >= 4 is 17.7 Å². The molecule has 1 N–H and O–H groups in total. The van der Waals surface area contributed by atoms with E-state index in [4.69, 9.17) is 14.6 Å². The molecule has 1 aromatic carbocycles. The normalized spacial score (nSPS) is 15.0. The van der Waals surface area contributed by atoms with Crippen molar-refractivity contribution in [1.29, 1.82) is 0 Å².